The molecule has 0 spiro atoms. The maximum Gasteiger partial charge on any atom is 0.0372 e. The Bertz CT molecular complexity index is 344. The first-order chi connectivity index (χ1) is 8.22. The largest absolute Gasteiger partial charge is 0.364 e. The van der Waals surface area contributed by atoms with Crippen LogP contribution in [0.25, 0.3) is 0 Å². The average Bonchev–Trinajstić information content (AvgIpc) is 2.38. The van der Waals surface area contributed by atoms with Crippen LogP contribution in [0.3, 0.4) is 0 Å². The molecule has 0 unspecified atom stereocenters. The quantitative estimate of drug-likeness (QED) is 0.728. The van der Waals surface area contributed by atoms with Crippen LogP contribution in [-0.4, -0.2) is 13.1 Å². The van der Waals surface area contributed by atoms with Crippen molar-refractivity contribution in [2.24, 2.45) is 5.73 Å². The smallest absolute Gasteiger partial charge is 0.0372 e. The molecule has 1 aromatic carbocycles. The minimum atomic E-state index is 0.135. The number of nitrogens with zero attached hydrogens (tertiary/aromatic N) is 1. The molecule has 0 bridgehead atoms. The predicted molar refractivity (Wildman–Crippen MR) is 76.3 cm³/mol. The van der Waals surface area contributed by atoms with Gasteiger partial charge in [0.1, 0.15) is 0 Å². The summed E-state index contributed by atoms with van der Waals surface area (Å²) in [7, 11) is 0. The van der Waals surface area contributed by atoms with Gasteiger partial charge in [-0.25, -0.2) is 0 Å². The fraction of sp³-hybridized carbons (Fsp3) is 0.333. The van der Waals surface area contributed by atoms with Crippen LogP contribution in [0.5, 0.6) is 0 Å². The molecule has 2 nitrogen and oxygen atoms in total. The zero-order valence-electron chi connectivity index (χ0n) is 10.6. The van der Waals surface area contributed by atoms with Crippen molar-refractivity contribution >= 4 is 5.69 Å². The van der Waals surface area contributed by atoms with E-state index in [2.05, 4.69) is 49.2 Å². The van der Waals surface area contributed by atoms with Gasteiger partial charge in [-0.1, -0.05) is 31.2 Å². The molecule has 0 radical (unpaired) electrons. The minimum absolute atomic E-state index is 0.135. The van der Waals surface area contributed by atoms with Gasteiger partial charge in [0.2, 0.25) is 0 Å². The number of rotatable bonds is 7. The number of benzene rings is 1. The summed E-state index contributed by atoms with van der Waals surface area (Å²) in [6.07, 6.45) is 4.76. The van der Waals surface area contributed by atoms with Gasteiger partial charge in [0.05, 0.1) is 0 Å². The minimum Gasteiger partial charge on any atom is -0.364 e. The van der Waals surface area contributed by atoms with Crippen LogP contribution in [0.2, 0.25) is 0 Å². The highest BCUT2D eigenvalue weighted by atomic mass is 15.1. The Labute approximate surface area is 104 Å². The van der Waals surface area contributed by atoms with Crippen molar-refractivity contribution in [2.75, 3.05) is 18.0 Å². The lowest BCUT2D eigenvalue weighted by molar-refractivity contribution is 0.698. The van der Waals surface area contributed by atoms with E-state index in [1.54, 1.807) is 0 Å². The summed E-state index contributed by atoms with van der Waals surface area (Å²) in [5, 5.41) is 0. The third-order valence-corrected chi connectivity index (χ3v) is 2.83. The molecule has 1 aromatic rings. The third-order valence-electron chi connectivity index (χ3n) is 2.83. The lowest BCUT2D eigenvalue weighted by atomic mass is 10.1. The van der Waals surface area contributed by atoms with Gasteiger partial charge < -0.3 is 10.6 Å². The Hall–Kier alpha value is -1.54. The summed E-state index contributed by atoms with van der Waals surface area (Å²) in [5.41, 5.74) is 8.36. The van der Waals surface area contributed by atoms with E-state index in [0.717, 1.165) is 19.5 Å². The van der Waals surface area contributed by atoms with Crippen molar-refractivity contribution in [3.8, 4) is 0 Å². The molecule has 0 heterocycles. The van der Waals surface area contributed by atoms with Crippen molar-refractivity contribution in [3.05, 3.63) is 55.1 Å². The highest BCUT2D eigenvalue weighted by Gasteiger charge is 2.05. The Morgan fingerprint density at radius 3 is 2.12 bits per heavy atom. The highest BCUT2D eigenvalue weighted by Crippen LogP contribution is 2.19. The normalized spacial score (nSPS) is 11.9. The number of hydrogen-bond donors (Lipinski definition) is 1. The Morgan fingerprint density at radius 1 is 1.18 bits per heavy atom. The SMILES string of the molecule is C=CCN(CC=C)c1ccc([C@H](N)CC)cc1. The molecule has 0 aliphatic heterocycles. The highest BCUT2D eigenvalue weighted by molar-refractivity contribution is 5.49. The molecule has 0 aliphatic carbocycles. The molecule has 17 heavy (non-hydrogen) atoms. The van der Waals surface area contributed by atoms with E-state index in [-0.39, 0.29) is 6.04 Å². The zero-order valence-corrected chi connectivity index (χ0v) is 10.6. The fourth-order valence-electron chi connectivity index (χ4n) is 1.77. The number of hydrogen-bond acceptors (Lipinski definition) is 2. The molecule has 2 heteroatoms. The maximum atomic E-state index is 5.99. The molecular formula is C15H22N2. The van der Waals surface area contributed by atoms with Crippen molar-refractivity contribution in [2.45, 2.75) is 19.4 Å². The second kappa shape index (κ2) is 6.92. The molecule has 0 aromatic heterocycles. The molecule has 1 rings (SSSR count). The molecule has 1 atom stereocenters. The zero-order chi connectivity index (χ0) is 12.7. The average molecular weight is 230 g/mol. The van der Waals surface area contributed by atoms with Crippen molar-refractivity contribution in [1.29, 1.82) is 0 Å². The van der Waals surface area contributed by atoms with Crippen LogP contribution < -0.4 is 10.6 Å². The fourth-order valence-corrected chi connectivity index (χ4v) is 1.77. The van der Waals surface area contributed by atoms with Crippen molar-refractivity contribution in [1.82, 2.24) is 0 Å². The first-order valence-corrected chi connectivity index (χ1v) is 6.05. The molecule has 0 amide bonds. The van der Waals surface area contributed by atoms with E-state index in [9.17, 15) is 0 Å². The van der Waals surface area contributed by atoms with Gasteiger partial charge in [-0.3, -0.25) is 0 Å². The van der Waals surface area contributed by atoms with Gasteiger partial charge >= 0.3 is 0 Å². The van der Waals surface area contributed by atoms with Crippen molar-refractivity contribution < 1.29 is 0 Å². The van der Waals surface area contributed by atoms with Gasteiger partial charge in [0.15, 0.2) is 0 Å². The summed E-state index contributed by atoms with van der Waals surface area (Å²) in [4.78, 5) is 2.21. The van der Waals surface area contributed by atoms with Gasteiger partial charge in [0.25, 0.3) is 0 Å². The second-order valence-electron chi connectivity index (χ2n) is 4.09. The van der Waals surface area contributed by atoms with Gasteiger partial charge in [-0.2, -0.15) is 0 Å². The molecule has 0 aliphatic rings. The summed E-state index contributed by atoms with van der Waals surface area (Å²) in [5.74, 6) is 0. The molecule has 2 N–H and O–H groups in total. The van der Waals surface area contributed by atoms with E-state index in [1.165, 1.54) is 11.3 Å². The first kappa shape index (κ1) is 13.5. The van der Waals surface area contributed by atoms with Crippen LogP contribution in [0.15, 0.2) is 49.6 Å². The second-order valence-corrected chi connectivity index (χ2v) is 4.09. The summed E-state index contributed by atoms with van der Waals surface area (Å²) < 4.78 is 0. The molecule has 0 saturated carbocycles. The van der Waals surface area contributed by atoms with Gasteiger partial charge in [-0.15, -0.1) is 13.2 Å². The Balaban J connectivity index is 2.83. The summed E-state index contributed by atoms with van der Waals surface area (Å²) >= 11 is 0. The lowest BCUT2D eigenvalue weighted by Gasteiger charge is -2.22. The van der Waals surface area contributed by atoms with E-state index < -0.39 is 0 Å². The molecule has 92 valence electrons. The lowest BCUT2D eigenvalue weighted by Crippen LogP contribution is -2.23. The third kappa shape index (κ3) is 3.75. The standard InChI is InChI=1S/C15H22N2/c1-4-11-17(12-5-2)14-9-7-13(8-10-14)15(16)6-3/h4-5,7-10,15H,1-2,6,11-12,16H2,3H3/t15-/m1/s1. The summed E-state index contributed by atoms with van der Waals surface area (Å²) in [6.45, 7) is 11.3. The monoisotopic (exact) mass is 230 g/mol. The van der Waals surface area contributed by atoms with Crippen LogP contribution >= 0.6 is 0 Å². The van der Waals surface area contributed by atoms with E-state index in [1.807, 2.05) is 12.2 Å². The van der Waals surface area contributed by atoms with Crippen LogP contribution in [0.1, 0.15) is 24.9 Å². The Morgan fingerprint density at radius 2 is 1.71 bits per heavy atom. The molecule has 0 saturated heterocycles. The van der Waals surface area contributed by atoms with Crippen LogP contribution in [-0.2, 0) is 0 Å². The topological polar surface area (TPSA) is 29.3 Å². The Kier molecular flexibility index (Phi) is 5.50. The van der Waals surface area contributed by atoms with Gasteiger partial charge in [-0.05, 0) is 24.1 Å². The summed E-state index contributed by atoms with van der Waals surface area (Å²) in [6, 6.07) is 8.55. The van der Waals surface area contributed by atoms with Gasteiger partial charge in [0, 0.05) is 24.8 Å². The first-order valence-electron chi connectivity index (χ1n) is 6.05. The maximum absolute atomic E-state index is 5.99. The van der Waals surface area contributed by atoms with Crippen LogP contribution in [0, 0.1) is 0 Å². The number of anilines is 1. The predicted octanol–water partition coefficient (Wildman–Crippen LogP) is 3.27. The van der Waals surface area contributed by atoms with Crippen LogP contribution in [0.4, 0.5) is 5.69 Å². The molecular weight excluding hydrogens is 208 g/mol. The number of nitrogens with two attached hydrogens (primary N) is 1. The van der Waals surface area contributed by atoms with Crippen molar-refractivity contribution in [3.63, 3.8) is 0 Å². The van der Waals surface area contributed by atoms with E-state index >= 15 is 0 Å². The van der Waals surface area contributed by atoms with E-state index in [0.29, 0.717) is 0 Å². The molecule has 0 fully saturated rings. The van der Waals surface area contributed by atoms with E-state index in [4.69, 9.17) is 5.73 Å².